The quantitative estimate of drug-likeness (QED) is 0.363. The number of carbonyl (C=O) groups is 1. The van der Waals surface area contributed by atoms with Crippen molar-refractivity contribution in [2.24, 2.45) is 17.3 Å². The number of rotatable bonds is 7. The number of nitrogens with zero attached hydrogens (tertiary/aromatic N) is 1. The second kappa shape index (κ2) is 9.70. The average Bonchev–Trinajstić information content (AvgIpc) is 2.62. The molecule has 0 aliphatic heterocycles. The lowest BCUT2D eigenvalue weighted by Crippen LogP contribution is -2.45. The van der Waals surface area contributed by atoms with Gasteiger partial charge in [0, 0.05) is 5.41 Å². The Morgan fingerprint density at radius 3 is 2.04 bits per heavy atom. The van der Waals surface area contributed by atoms with Gasteiger partial charge in [0.15, 0.2) is 0 Å². The van der Waals surface area contributed by atoms with Gasteiger partial charge in [-0.05, 0) is 38.0 Å². The molecule has 0 aromatic heterocycles. The number of amidine groups is 1. The molecule has 2 rings (SSSR count). The van der Waals surface area contributed by atoms with E-state index in [0.29, 0.717) is 5.92 Å². The van der Waals surface area contributed by atoms with Crippen molar-refractivity contribution >= 4 is 11.7 Å². The van der Waals surface area contributed by atoms with Gasteiger partial charge in [0.1, 0.15) is 5.84 Å². The molecule has 1 N–H and O–H groups in total. The van der Waals surface area contributed by atoms with E-state index in [1.807, 2.05) is 0 Å². The summed E-state index contributed by atoms with van der Waals surface area (Å²) in [6.07, 6.45) is 16.2. The summed E-state index contributed by atoms with van der Waals surface area (Å²) in [6.45, 7) is 3.76. The van der Waals surface area contributed by atoms with Crippen molar-refractivity contribution in [3.8, 4) is 0 Å². The maximum Gasteiger partial charge on any atom is 0.257 e. The van der Waals surface area contributed by atoms with Crippen LogP contribution in [0.1, 0.15) is 97.3 Å². The van der Waals surface area contributed by atoms with E-state index in [-0.39, 0.29) is 11.7 Å². The van der Waals surface area contributed by atoms with Crippen molar-refractivity contribution in [1.29, 1.82) is 5.41 Å². The van der Waals surface area contributed by atoms with Gasteiger partial charge >= 0.3 is 0 Å². The summed E-state index contributed by atoms with van der Waals surface area (Å²) in [5, 5.41) is 9.10. The maximum atomic E-state index is 13.2. The van der Waals surface area contributed by atoms with Gasteiger partial charge in [-0.15, -0.1) is 0 Å². The van der Waals surface area contributed by atoms with Crippen molar-refractivity contribution < 1.29 is 9.63 Å². The van der Waals surface area contributed by atoms with Crippen LogP contribution >= 0.6 is 0 Å². The molecule has 2 aliphatic rings. The first-order chi connectivity index (χ1) is 12.0. The molecular weight excluding hydrogens is 312 g/mol. The molecule has 0 aromatic carbocycles. The minimum atomic E-state index is -0.405. The van der Waals surface area contributed by atoms with Crippen molar-refractivity contribution in [2.45, 2.75) is 97.3 Å². The van der Waals surface area contributed by atoms with Gasteiger partial charge in [-0.1, -0.05) is 71.1 Å². The first-order valence-electron chi connectivity index (χ1n) is 10.4. The fourth-order valence-electron chi connectivity index (χ4n) is 4.94. The zero-order valence-corrected chi connectivity index (χ0v) is 16.6. The van der Waals surface area contributed by atoms with Crippen molar-refractivity contribution in [1.82, 2.24) is 5.06 Å². The van der Waals surface area contributed by atoms with Gasteiger partial charge < -0.3 is 0 Å². The molecule has 0 spiro atoms. The first kappa shape index (κ1) is 20.4. The fourth-order valence-corrected chi connectivity index (χ4v) is 4.94. The van der Waals surface area contributed by atoms with Crippen LogP contribution in [0.2, 0.25) is 0 Å². The SMILES string of the molecule is CON(C(C)=N)C(=O)[C@@](C)(CCC1CCCCC1)CC1CCCCC1. The van der Waals surface area contributed by atoms with Gasteiger partial charge in [0.25, 0.3) is 5.91 Å². The predicted octanol–water partition coefficient (Wildman–Crippen LogP) is 5.71. The third-order valence-electron chi connectivity index (χ3n) is 6.48. The molecule has 0 saturated heterocycles. The van der Waals surface area contributed by atoms with Crippen molar-refractivity contribution in [3.63, 3.8) is 0 Å². The summed E-state index contributed by atoms with van der Waals surface area (Å²) in [5.74, 6) is 1.60. The Hall–Kier alpha value is -0.900. The van der Waals surface area contributed by atoms with Gasteiger partial charge in [-0.25, -0.2) is 0 Å². The maximum absolute atomic E-state index is 13.2. The summed E-state index contributed by atoms with van der Waals surface area (Å²) in [4.78, 5) is 18.5. The standard InChI is InChI=1S/C21H38N2O2/c1-17(22)23(25-3)20(24)21(2,16-19-12-8-5-9-13-19)15-14-18-10-6-4-7-11-18/h18-19,22H,4-16H2,1-3H3/t21-/m0/s1. The lowest BCUT2D eigenvalue weighted by atomic mass is 9.70. The van der Waals surface area contributed by atoms with Crippen LogP contribution in [0.3, 0.4) is 0 Å². The second-order valence-corrected chi connectivity index (χ2v) is 8.68. The topological polar surface area (TPSA) is 53.4 Å². The predicted molar refractivity (Wildman–Crippen MR) is 102 cm³/mol. The Labute approximate surface area is 154 Å². The van der Waals surface area contributed by atoms with E-state index in [1.165, 1.54) is 76.4 Å². The van der Waals surface area contributed by atoms with E-state index in [4.69, 9.17) is 10.2 Å². The molecule has 1 amide bonds. The molecule has 4 heteroatoms. The highest BCUT2D eigenvalue weighted by Gasteiger charge is 2.40. The molecule has 4 nitrogen and oxygen atoms in total. The van der Waals surface area contributed by atoms with Crippen LogP contribution in [-0.2, 0) is 9.63 Å². The zero-order chi connectivity index (χ0) is 18.3. The normalized spacial score (nSPS) is 22.4. The Morgan fingerprint density at radius 1 is 1.04 bits per heavy atom. The molecular formula is C21H38N2O2. The van der Waals surface area contributed by atoms with Crippen molar-refractivity contribution in [3.05, 3.63) is 0 Å². The van der Waals surface area contributed by atoms with Crippen LogP contribution in [0.4, 0.5) is 0 Å². The summed E-state index contributed by atoms with van der Waals surface area (Å²) < 4.78 is 0. The van der Waals surface area contributed by atoms with Crippen LogP contribution in [-0.4, -0.2) is 23.9 Å². The van der Waals surface area contributed by atoms with Crippen molar-refractivity contribution in [2.75, 3.05) is 7.11 Å². The average molecular weight is 351 g/mol. The third kappa shape index (κ3) is 5.80. The number of amides is 1. The summed E-state index contributed by atoms with van der Waals surface area (Å²) in [7, 11) is 1.50. The van der Waals surface area contributed by atoms with E-state index in [9.17, 15) is 4.79 Å². The van der Waals surface area contributed by atoms with Gasteiger partial charge in [-0.3, -0.25) is 15.0 Å². The number of hydrogen-bond donors (Lipinski definition) is 1. The first-order valence-corrected chi connectivity index (χ1v) is 10.4. The van der Waals surface area contributed by atoms with Crippen LogP contribution in [0.5, 0.6) is 0 Å². The number of carbonyl (C=O) groups excluding carboxylic acids is 1. The minimum Gasteiger partial charge on any atom is -0.286 e. The molecule has 0 aromatic rings. The number of nitrogens with one attached hydrogen (secondary N) is 1. The Kier molecular flexibility index (Phi) is 7.92. The van der Waals surface area contributed by atoms with E-state index >= 15 is 0 Å². The largest absolute Gasteiger partial charge is 0.286 e. The molecule has 144 valence electrons. The van der Waals surface area contributed by atoms with E-state index in [0.717, 1.165) is 25.2 Å². The monoisotopic (exact) mass is 350 g/mol. The minimum absolute atomic E-state index is 0.0103. The van der Waals surface area contributed by atoms with Gasteiger partial charge in [0.2, 0.25) is 0 Å². The molecule has 1 atom stereocenters. The highest BCUT2D eigenvalue weighted by atomic mass is 16.7. The summed E-state index contributed by atoms with van der Waals surface area (Å²) in [6, 6.07) is 0. The van der Waals surface area contributed by atoms with Gasteiger partial charge in [0.05, 0.1) is 7.11 Å². The molecule has 2 fully saturated rings. The molecule has 2 saturated carbocycles. The Balaban J connectivity index is 2.07. The van der Waals surface area contributed by atoms with Crippen LogP contribution in [0.15, 0.2) is 0 Å². The molecule has 0 bridgehead atoms. The second-order valence-electron chi connectivity index (χ2n) is 8.68. The molecule has 0 radical (unpaired) electrons. The Bertz CT molecular complexity index is 439. The highest BCUT2D eigenvalue weighted by molar-refractivity contribution is 5.96. The van der Waals surface area contributed by atoms with Crippen LogP contribution in [0, 0.1) is 22.7 Å². The lowest BCUT2D eigenvalue weighted by molar-refractivity contribution is -0.169. The van der Waals surface area contributed by atoms with E-state index < -0.39 is 5.41 Å². The highest BCUT2D eigenvalue weighted by Crippen LogP contribution is 2.41. The molecule has 25 heavy (non-hydrogen) atoms. The fraction of sp³-hybridized carbons (Fsp3) is 0.905. The molecule has 0 unspecified atom stereocenters. The summed E-state index contributed by atoms with van der Waals surface area (Å²) in [5.41, 5.74) is -0.405. The van der Waals surface area contributed by atoms with E-state index in [2.05, 4.69) is 6.92 Å². The molecule has 2 aliphatic carbocycles. The molecule has 0 heterocycles. The third-order valence-corrected chi connectivity index (χ3v) is 6.48. The summed E-state index contributed by atoms with van der Waals surface area (Å²) >= 11 is 0. The number of hydroxylamine groups is 2. The smallest absolute Gasteiger partial charge is 0.257 e. The van der Waals surface area contributed by atoms with Crippen LogP contribution < -0.4 is 0 Å². The van der Waals surface area contributed by atoms with Gasteiger partial charge in [-0.2, -0.15) is 5.06 Å². The lowest BCUT2D eigenvalue weighted by Gasteiger charge is -2.37. The van der Waals surface area contributed by atoms with Crippen LogP contribution in [0.25, 0.3) is 0 Å². The Morgan fingerprint density at radius 2 is 1.56 bits per heavy atom. The van der Waals surface area contributed by atoms with E-state index in [1.54, 1.807) is 6.92 Å². The number of hydrogen-bond acceptors (Lipinski definition) is 3. The zero-order valence-electron chi connectivity index (χ0n) is 16.6.